The molecule has 0 aromatic heterocycles. The van der Waals surface area contributed by atoms with E-state index in [2.05, 4.69) is 5.32 Å². The maximum absolute atomic E-state index is 11.5. The lowest BCUT2D eigenvalue weighted by atomic mass is 10.2. The lowest BCUT2D eigenvalue weighted by Gasteiger charge is -2.20. The molecule has 0 bridgehead atoms. The van der Waals surface area contributed by atoms with Crippen LogP contribution >= 0.6 is 11.6 Å². The highest BCUT2D eigenvalue weighted by atomic mass is 35.5. The Morgan fingerprint density at radius 2 is 2.20 bits per heavy atom. The van der Waals surface area contributed by atoms with Crippen molar-refractivity contribution in [3.63, 3.8) is 0 Å². The van der Waals surface area contributed by atoms with Gasteiger partial charge in [0.05, 0.1) is 11.6 Å². The van der Waals surface area contributed by atoms with Gasteiger partial charge in [0.2, 0.25) is 0 Å². The highest BCUT2D eigenvalue weighted by Gasteiger charge is 2.18. The molecule has 0 saturated heterocycles. The fourth-order valence-electron chi connectivity index (χ4n) is 1.89. The highest BCUT2D eigenvalue weighted by molar-refractivity contribution is 6.32. The molecule has 1 aromatic carbocycles. The van der Waals surface area contributed by atoms with Crippen molar-refractivity contribution in [2.45, 2.75) is 26.4 Å². The SMILES string of the molecule is CCOC(=O)C(C)NCc1cc(Cl)c2c(c1)OCCO2. The number of carbonyl (C=O) groups excluding carboxylic acids is 1. The highest BCUT2D eigenvalue weighted by Crippen LogP contribution is 2.38. The molecule has 0 spiro atoms. The average molecular weight is 300 g/mol. The van der Waals surface area contributed by atoms with Gasteiger partial charge in [-0.2, -0.15) is 0 Å². The summed E-state index contributed by atoms with van der Waals surface area (Å²) >= 11 is 6.15. The molecule has 0 amide bonds. The van der Waals surface area contributed by atoms with Gasteiger partial charge in [-0.25, -0.2) is 0 Å². The molecule has 1 N–H and O–H groups in total. The number of carbonyl (C=O) groups is 1. The van der Waals surface area contributed by atoms with Crippen LogP contribution in [0.1, 0.15) is 19.4 Å². The van der Waals surface area contributed by atoms with Gasteiger partial charge in [0.1, 0.15) is 19.3 Å². The predicted molar refractivity (Wildman–Crippen MR) is 75.4 cm³/mol. The van der Waals surface area contributed by atoms with E-state index in [-0.39, 0.29) is 12.0 Å². The number of esters is 1. The summed E-state index contributed by atoms with van der Waals surface area (Å²) in [7, 11) is 0. The molecule has 20 heavy (non-hydrogen) atoms. The van der Waals surface area contributed by atoms with Crippen LogP contribution in [0.4, 0.5) is 0 Å². The first kappa shape index (κ1) is 14.9. The molecule has 1 unspecified atom stereocenters. The van der Waals surface area contributed by atoms with E-state index in [9.17, 15) is 4.79 Å². The van der Waals surface area contributed by atoms with Crippen LogP contribution in [0.15, 0.2) is 12.1 Å². The largest absolute Gasteiger partial charge is 0.486 e. The molecule has 0 aliphatic carbocycles. The molecule has 6 heteroatoms. The molecule has 1 atom stereocenters. The Labute approximate surface area is 123 Å². The van der Waals surface area contributed by atoms with Gasteiger partial charge >= 0.3 is 5.97 Å². The standard InChI is InChI=1S/C14H18ClNO4/c1-3-18-14(17)9(2)16-8-10-6-11(15)13-12(7-10)19-4-5-20-13/h6-7,9,16H,3-5,8H2,1-2H3. The number of rotatable bonds is 5. The van der Waals surface area contributed by atoms with Gasteiger partial charge in [-0.1, -0.05) is 11.6 Å². The quantitative estimate of drug-likeness (QED) is 0.844. The summed E-state index contributed by atoms with van der Waals surface area (Å²) in [5.41, 5.74) is 0.926. The Morgan fingerprint density at radius 1 is 1.45 bits per heavy atom. The van der Waals surface area contributed by atoms with Crippen LogP contribution in [-0.4, -0.2) is 31.8 Å². The van der Waals surface area contributed by atoms with Crippen LogP contribution in [0.25, 0.3) is 0 Å². The van der Waals surface area contributed by atoms with E-state index in [4.69, 9.17) is 25.8 Å². The summed E-state index contributed by atoms with van der Waals surface area (Å²) in [6.45, 7) is 5.43. The molecule has 0 fully saturated rings. The van der Waals surface area contributed by atoms with Gasteiger partial charge < -0.3 is 19.5 Å². The van der Waals surface area contributed by atoms with Crippen molar-refractivity contribution in [2.24, 2.45) is 0 Å². The molecule has 1 aliphatic heterocycles. The van der Waals surface area contributed by atoms with Crippen LogP contribution in [0.2, 0.25) is 5.02 Å². The molecule has 1 aromatic rings. The van der Waals surface area contributed by atoms with Crippen LogP contribution in [-0.2, 0) is 16.1 Å². The van der Waals surface area contributed by atoms with Crippen molar-refractivity contribution in [1.29, 1.82) is 0 Å². The van der Waals surface area contributed by atoms with E-state index in [1.807, 2.05) is 6.07 Å². The number of benzene rings is 1. The third-order valence-corrected chi connectivity index (χ3v) is 3.19. The van der Waals surface area contributed by atoms with Crippen LogP contribution in [0.5, 0.6) is 11.5 Å². The Balaban J connectivity index is 2.00. The molecule has 2 rings (SSSR count). The van der Waals surface area contributed by atoms with Gasteiger partial charge in [0, 0.05) is 6.54 Å². The lowest BCUT2D eigenvalue weighted by molar-refractivity contribution is -0.145. The zero-order valence-electron chi connectivity index (χ0n) is 11.6. The fourth-order valence-corrected chi connectivity index (χ4v) is 2.18. The summed E-state index contributed by atoms with van der Waals surface area (Å²) in [6, 6.07) is 3.30. The maximum Gasteiger partial charge on any atom is 0.322 e. The van der Waals surface area contributed by atoms with Crippen LogP contribution in [0, 0.1) is 0 Å². The van der Waals surface area contributed by atoms with E-state index >= 15 is 0 Å². The van der Waals surface area contributed by atoms with Gasteiger partial charge in [-0.3, -0.25) is 4.79 Å². The summed E-state index contributed by atoms with van der Waals surface area (Å²) in [5, 5.41) is 3.60. The van der Waals surface area contributed by atoms with E-state index < -0.39 is 0 Å². The monoisotopic (exact) mass is 299 g/mol. The molecular formula is C14H18ClNO4. The third-order valence-electron chi connectivity index (χ3n) is 2.91. The second-order valence-electron chi connectivity index (χ2n) is 4.46. The van der Waals surface area contributed by atoms with Gasteiger partial charge in [0.25, 0.3) is 0 Å². The minimum atomic E-state index is -0.373. The predicted octanol–water partition coefficient (Wildman–Crippen LogP) is 2.15. The van der Waals surface area contributed by atoms with E-state index in [1.54, 1.807) is 19.9 Å². The zero-order chi connectivity index (χ0) is 14.5. The summed E-state index contributed by atoms with van der Waals surface area (Å²) in [5.74, 6) is 0.959. The topological polar surface area (TPSA) is 56.8 Å². The molecular weight excluding hydrogens is 282 g/mol. The molecule has 0 saturated carbocycles. The Kier molecular flexibility index (Phi) is 5.09. The minimum absolute atomic E-state index is 0.267. The van der Waals surface area contributed by atoms with Crippen molar-refractivity contribution in [3.8, 4) is 11.5 Å². The molecule has 0 radical (unpaired) electrons. The van der Waals surface area contributed by atoms with Crippen molar-refractivity contribution in [3.05, 3.63) is 22.7 Å². The van der Waals surface area contributed by atoms with E-state index in [1.165, 1.54) is 0 Å². The van der Waals surface area contributed by atoms with Crippen LogP contribution < -0.4 is 14.8 Å². The van der Waals surface area contributed by atoms with Crippen molar-refractivity contribution < 1.29 is 19.0 Å². The normalized spacial score (nSPS) is 14.8. The zero-order valence-corrected chi connectivity index (χ0v) is 12.3. The molecule has 5 nitrogen and oxygen atoms in total. The minimum Gasteiger partial charge on any atom is -0.486 e. The number of hydrogen-bond donors (Lipinski definition) is 1. The van der Waals surface area contributed by atoms with Gasteiger partial charge in [-0.15, -0.1) is 0 Å². The Morgan fingerprint density at radius 3 is 2.95 bits per heavy atom. The number of nitrogens with one attached hydrogen (secondary N) is 1. The summed E-state index contributed by atoms with van der Waals surface area (Å²) < 4.78 is 15.9. The lowest BCUT2D eigenvalue weighted by Crippen LogP contribution is -2.34. The second-order valence-corrected chi connectivity index (χ2v) is 4.86. The fraction of sp³-hybridized carbons (Fsp3) is 0.500. The van der Waals surface area contributed by atoms with Crippen LogP contribution in [0.3, 0.4) is 0 Å². The molecule has 1 aliphatic rings. The Hall–Kier alpha value is -1.46. The number of hydrogen-bond acceptors (Lipinski definition) is 5. The van der Waals surface area contributed by atoms with E-state index in [0.29, 0.717) is 42.9 Å². The first-order chi connectivity index (χ1) is 9.61. The van der Waals surface area contributed by atoms with Gasteiger partial charge in [0.15, 0.2) is 11.5 Å². The number of ether oxygens (including phenoxy) is 3. The maximum atomic E-state index is 11.5. The number of fused-ring (bicyclic) bond motifs is 1. The van der Waals surface area contributed by atoms with Crippen molar-refractivity contribution in [1.82, 2.24) is 5.32 Å². The summed E-state index contributed by atoms with van der Waals surface area (Å²) in [4.78, 5) is 11.5. The first-order valence-electron chi connectivity index (χ1n) is 6.60. The van der Waals surface area contributed by atoms with Gasteiger partial charge in [-0.05, 0) is 31.5 Å². The van der Waals surface area contributed by atoms with Crippen molar-refractivity contribution >= 4 is 17.6 Å². The summed E-state index contributed by atoms with van der Waals surface area (Å²) in [6.07, 6.45) is 0. The molecule has 1 heterocycles. The van der Waals surface area contributed by atoms with E-state index in [0.717, 1.165) is 5.56 Å². The number of halogens is 1. The Bertz CT molecular complexity index is 492. The van der Waals surface area contributed by atoms with Crippen molar-refractivity contribution in [2.75, 3.05) is 19.8 Å². The second kappa shape index (κ2) is 6.81. The smallest absolute Gasteiger partial charge is 0.322 e. The first-order valence-corrected chi connectivity index (χ1v) is 6.97. The average Bonchev–Trinajstić information content (AvgIpc) is 2.45. The third kappa shape index (κ3) is 3.55. The molecule has 110 valence electrons.